The number of hydrogen-bond donors (Lipinski definition) is 3. The molecular formula is C24H28N8O. The zero-order valence-corrected chi connectivity index (χ0v) is 19.1. The van der Waals surface area contributed by atoms with Crippen LogP contribution in [0.15, 0.2) is 48.0 Å². The molecule has 0 radical (unpaired) electrons. The van der Waals surface area contributed by atoms with Crippen LogP contribution in [0.4, 0.5) is 11.8 Å². The number of aromatic amines is 1. The molecular weight excluding hydrogens is 416 g/mol. The van der Waals surface area contributed by atoms with Gasteiger partial charge < -0.3 is 15.6 Å². The number of nitrogens with one attached hydrogen (secondary N) is 3. The largest absolute Gasteiger partial charge is 0.345 e. The molecule has 0 fully saturated rings. The lowest BCUT2D eigenvalue weighted by Gasteiger charge is -2.19. The summed E-state index contributed by atoms with van der Waals surface area (Å²) in [6.07, 6.45) is 6.01. The molecule has 5 rings (SSSR count). The Bertz CT molecular complexity index is 1380. The third kappa shape index (κ3) is 3.84. The molecule has 5 heterocycles. The highest BCUT2D eigenvalue weighted by Crippen LogP contribution is 2.25. The lowest BCUT2D eigenvalue weighted by Crippen LogP contribution is -2.22. The second-order valence-corrected chi connectivity index (χ2v) is 9.31. The van der Waals surface area contributed by atoms with Crippen LogP contribution in [-0.4, -0.2) is 35.8 Å². The molecule has 0 aliphatic carbocycles. The highest BCUT2D eigenvalue weighted by Gasteiger charge is 2.21. The summed E-state index contributed by atoms with van der Waals surface area (Å²) in [4.78, 5) is 30.3. The van der Waals surface area contributed by atoms with Crippen LogP contribution in [0.5, 0.6) is 0 Å². The number of rotatable bonds is 5. The molecule has 1 aliphatic rings. The summed E-state index contributed by atoms with van der Waals surface area (Å²) in [5.41, 5.74) is 4.44. The van der Waals surface area contributed by atoms with E-state index in [0.717, 1.165) is 36.7 Å². The molecule has 9 heteroatoms. The Morgan fingerprint density at radius 1 is 1.27 bits per heavy atom. The summed E-state index contributed by atoms with van der Waals surface area (Å²) in [6, 6.07) is 5.96. The standard InChI is InChI=1S/C24H28N8O/c1-5-10-31-22(33)17-14-27-23(29-20-11-15-13-25-8-7-18(15)28-20)30-21(17)32(31)16-6-9-26-19(12-16)24(2,3)4/h5-6,9,11-12,14,25,28H,1,7-8,10,13H2,2-4H3,(H,27,29,30). The van der Waals surface area contributed by atoms with E-state index in [1.54, 1.807) is 23.2 Å². The first-order valence-electron chi connectivity index (χ1n) is 11.1. The summed E-state index contributed by atoms with van der Waals surface area (Å²) < 4.78 is 3.45. The van der Waals surface area contributed by atoms with Crippen molar-refractivity contribution in [1.29, 1.82) is 0 Å². The number of aromatic nitrogens is 6. The van der Waals surface area contributed by atoms with Gasteiger partial charge in [0, 0.05) is 48.7 Å². The van der Waals surface area contributed by atoms with Gasteiger partial charge in [0.15, 0.2) is 5.65 Å². The highest BCUT2D eigenvalue weighted by molar-refractivity contribution is 5.77. The van der Waals surface area contributed by atoms with Crippen LogP contribution >= 0.6 is 0 Å². The van der Waals surface area contributed by atoms with Gasteiger partial charge in [-0.25, -0.2) is 14.3 Å². The van der Waals surface area contributed by atoms with Gasteiger partial charge in [0.25, 0.3) is 5.56 Å². The quantitative estimate of drug-likeness (QED) is 0.408. The molecule has 0 saturated carbocycles. The third-order valence-corrected chi connectivity index (χ3v) is 5.84. The summed E-state index contributed by atoms with van der Waals surface area (Å²) in [6.45, 7) is 12.3. The van der Waals surface area contributed by atoms with E-state index < -0.39 is 0 Å². The van der Waals surface area contributed by atoms with E-state index in [-0.39, 0.29) is 11.0 Å². The van der Waals surface area contributed by atoms with Crippen molar-refractivity contribution in [2.24, 2.45) is 0 Å². The van der Waals surface area contributed by atoms with Crippen molar-refractivity contribution in [2.45, 2.75) is 45.7 Å². The highest BCUT2D eigenvalue weighted by atomic mass is 16.1. The summed E-state index contributed by atoms with van der Waals surface area (Å²) in [7, 11) is 0. The zero-order chi connectivity index (χ0) is 23.2. The van der Waals surface area contributed by atoms with Gasteiger partial charge in [0.1, 0.15) is 11.2 Å². The lowest BCUT2D eigenvalue weighted by atomic mass is 9.91. The van der Waals surface area contributed by atoms with Gasteiger partial charge in [-0.2, -0.15) is 4.98 Å². The maximum Gasteiger partial charge on any atom is 0.278 e. The Kier molecular flexibility index (Phi) is 5.13. The molecule has 4 aromatic rings. The number of H-pyrrole nitrogens is 1. The molecule has 0 saturated heterocycles. The second-order valence-electron chi connectivity index (χ2n) is 9.31. The van der Waals surface area contributed by atoms with Gasteiger partial charge in [-0.3, -0.25) is 9.78 Å². The van der Waals surface area contributed by atoms with Crippen molar-refractivity contribution in [3.8, 4) is 5.69 Å². The summed E-state index contributed by atoms with van der Waals surface area (Å²) >= 11 is 0. The van der Waals surface area contributed by atoms with Crippen molar-refractivity contribution < 1.29 is 0 Å². The number of anilines is 2. The summed E-state index contributed by atoms with van der Waals surface area (Å²) in [5, 5.41) is 7.09. The van der Waals surface area contributed by atoms with E-state index in [1.807, 2.05) is 16.8 Å². The van der Waals surface area contributed by atoms with Crippen LogP contribution in [0.3, 0.4) is 0 Å². The molecule has 170 valence electrons. The molecule has 1 aliphatic heterocycles. The minimum absolute atomic E-state index is 0.133. The fourth-order valence-electron chi connectivity index (χ4n) is 4.14. The molecule has 0 atom stereocenters. The summed E-state index contributed by atoms with van der Waals surface area (Å²) in [5.74, 6) is 1.25. The van der Waals surface area contributed by atoms with Gasteiger partial charge in [-0.15, -0.1) is 6.58 Å². The molecule has 0 bridgehead atoms. The van der Waals surface area contributed by atoms with E-state index in [2.05, 4.69) is 59.0 Å². The number of allylic oxidation sites excluding steroid dienone is 1. The molecule has 0 unspecified atom stereocenters. The first-order valence-corrected chi connectivity index (χ1v) is 11.1. The number of fused-ring (bicyclic) bond motifs is 2. The molecule has 4 aromatic heterocycles. The fourth-order valence-corrected chi connectivity index (χ4v) is 4.14. The second kappa shape index (κ2) is 8.00. The van der Waals surface area contributed by atoms with Crippen LogP contribution in [0.1, 0.15) is 37.7 Å². The van der Waals surface area contributed by atoms with Gasteiger partial charge >= 0.3 is 0 Å². The topological polar surface area (TPSA) is 105 Å². The third-order valence-electron chi connectivity index (χ3n) is 5.84. The van der Waals surface area contributed by atoms with Crippen LogP contribution in [0, 0.1) is 0 Å². The van der Waals surface area contributed by atoms with E-state index in [9.17, 15) is 4.79 Å². The van der Waals surface area contributed by atoms with E-state index in [1.165, 1.54) is 11.3 Å². The Morgan fingerprint density at radius 2 is 2.12 bits per heavy atom. The number of pyridine rings is 1. The van der Waals surface area contributed by atoms with Crippen LogP contribution in [-0.2, 0) is 24.9 Å². The molecule has 9 nitrogen and oxygen atoms in total. The normalized spacial score (nSPS) is 13.8. The van der Waals surface area contributed by atoms with Gasteiger partial charge in [-0.1, -0.05) is 26.8 Å². The molecule has 0 amide bonds. The minimum Gasteiger partial charge on any atom is -0.345 e. The van der Waals surface area contributed by atoms with Crippen molar-refractivity contribution >= 4 is 22.8 Å². The van der Waals surface area contributed by atoms with Crippen molar-refractivity contribution in [1.82, 2.24) is 34.6 Å². The van der Waals surface area contributed by atoms with Crippen molar-refractivity contribution in [3.05, 3.63) is 70.6 Å². The average molecular weight is 445 g/mol. The monoisotopic (exact) mass is 444 g/mol. The fraction of sp³-hybridized carbons (Fsp3) is 0.333. The number of nitrogens with zero attached hydrogens (tertiary/aromatic N) is 5. The molecule has 0 spiro atoms. The maximum absolute atomic E-state index is 13.2. The Balaban J connectivity index is 1.63. The SMILES string of the molecule is C=CCn1c(=O)c2cnc(Nc3cc4c([nH]3)CCNC4)nc2n1-c1ccnc(C(C)(C)C)c1. The maximum atomic E-state index is 13.2. The van der Waals surface area contributed by atoms with E-state index >= 15 is 0 Å². The average Bonchev–Trinajstić information content (AvgIpc) is 3.32. The van der Waals surface area contributed by atoms with E-state index in [0.29, 0.717) is 23.5 Å². The number of hydrogen-bond acceptors (Lipinski definition) is 6. The Hall–Kier alpha value is -3.72. The molecule has 0 aromatic carbocycles. The van der Waals surface area contributed by atoms with Gasteiger partial charge in [0.2, 0.25) is 5.95 Å². The van der Waals surface area contributed by atoms with Crippen LogP contribution in [0.2, 0.25) is 0 Å². The predicted octanol–water partition coefficient (Wildman–Crippen LogP) is 3.18. The molecule has 3 N–H and O–H groups in total. The first-order chi connectivity index (χ1) is 15.8. The van der Waals surface area contributed by atoms with Crippen LogP contribution < -0.4 is 16.2 Å². The Morgan fingerprint density at radius 3 is 2.88 bits per heavy atom. The van der Waals surface area contributed by atoms with Crippen LogP contribution in [0.25, 0.3) is 16.7 Å². The van der Waals surface area contributed by atoms with Gasteiger partial charge in [0.05, 0.1) is 12.2 Å². The first kappa shape index (κ1) is 21.1. The minimum atomic E-state index is -0.160. The van der Waals surface area contributed by atoms with Crippen molar-refractivity contribution in [2.75, 3.05) is 11.9 Å². The smallest absolute Gasteiger partial charge is 0.278 e. The lowest BCUT2D eigenvalue weighted by molar-refractivity contribution is 0.563. The predicted molar refractivity (Wildman–Crippen MR) is 129 cm³/mol. The van der Waals surface area contributed by atoms with Crippen molar-refractivity contribution in [3.63, 3.8) is 0 Å². The van der Waals surface area contributed by atoms with E-state index in [4.69, 9.17) is 4.98 Å². The Labute approximate surface area is 191 Å². The zero-order valence-electron chi connectivity index (χ0n) is 19.1. The van der Waals surface area contributed by atoms with Gasteiger partial charge in [-0.05, 0) is 23.8 Å². The molecule has 33 heavy (non-hydrogen) atoms.